The van der Waals surface area contributed by atoms with Gasteiger partial charge in [0.15, 0.2) is 0 Å². The molecule has 3 aliphatic rings. The second kappa shape index (κ2) is 2.72. The fourth-order valence-corrected chi connectivity index (χ4v) is 13.4. The van der Waals surface area contributed by atoms with E-state index in [0.29, 0.717) is 11.3 Å². The standard InChI is InChI=1S/C10H14P2S2/c1-11(13)6-5-7-8-3-4-9(10(7)11)12(8,2)14/h3-10H,1-2H3. The highest BCUT2D eigenvalue weighted by Crippen LogP contribution is 2.77. The molecule has 76 valence electrons. The lowest BCUT2D eigenvalue weighted by Crippen LogP contribution is -2.23. The predicted octanol–water partition coefficient (Wildman–Crippen LogP) is 3.04. The third-order valence-electron chi connectivity index (χ3n) is 4.02. The Kier molecular flexibility index (Phi) is 1.93. The highest BCUT2D eigenvalue weighted by Gasteiger charge is 2.57. The Hall–Kier alpha value is 0.780. The van der Waals surface area contributed by atoms with E-state index in [1.807, 2.05) is 0 Å². The van der Waals surface area contributed by atoms with Crippen molar-refractivity contribution in [2.45, 2.75) is 17.0 Å². The lowest BCUT2D eigenvalue weighted by Gasteiger charge is -2.26. The highest BCUT2D eigenvalue weighted by atomic mass is 32.4. The fraction of sp³-hybridized carbons (Fsp3) is 0.600. The number of fused-ring (bicyclic) bond motifs is 5. The van der Waals surface area contributed by atoms with Gasteiger partial charge in [-0.3, -0.25) is 0 Å². The van der Waals surface area contributed by atoms with Crippen LogP contribution in [0.15, 0.2) is 24.0 Å². The summed E-state index contributed by atoms with van der Waals surface area (Å²) in [6.07, 6.45) is 7.17. The Balaban J connectivity index is 2.18. The molecule has 6 atom stereocenters. The molecule has 0 aromatic heterocycles. The van der Waals surface area contributed by atoms with Crippen LogP contribution in [0.25, 0.3) is 0 Å². The summed E-state index contributed by atoms with van der Waals surface area (Å²) in [5.74, 6) is 3.07. The maximum absolute atomic E-state index is 5.86. The molecule has 0 amide bonds. The molecule has 0 saturated carbocycles. The zero-order valence-corrected chi connectivity index (χ0v) is 11.8. The monoisotopic (exact) mass is 260 g/mol. The summed E-state index contributed by atoms with van der Waals surface area (Å²) in [6, 6.07) is -2.35. The Morgan fingerprint density at radius 1 is 1.00 bits per heavy atom. The van der Waals surface area contributed by atoms with E-state index in [-0.39, 0.29) is 0 Å². The van der Waals surface area contributed by atoms with E-state index in [4.69, 9.17) is 23.6 Å². The smallest absolute Gasteiger partial charge is 0.0148 e. The molecule has 0 aromatic rings. The normalized spacial score (nSPS) is 63.6. The maximum Gasteiger partial charge on any atom is 0.0148 e. The van der Waals surface area contributed by atoms with Crippen LogP contribution >= 0.6 is 12.1 Å². The van der Waals surface area contributed by atoms with E-state index in [9.17, 15) is 0 Å². The van der Waals surface area contributed by atoms with E-state index in [0.717, 1.165) is 11.6 Å². The van der Waals surface area contributed by atoms with Crippen LogP contribution in [0.4, 0.5) is 0 Å². The lowest BCUT2D eigenvalue weighted by molar-refractivity contribution is 0.664. The minimum absolute atomic E-state index is 0.679. The van der Waals surface area contributed by atoms with Crippen LogP contribution in [0.5, 0.6) is 0 Å². The van der Waals surface area contributed by atoms with Crippen LogP contribution in [-0.4, -0.2) is 30.3 Å². The molecule has 0 spiro atoms. The molecule has 2 bridgehead atoms. The van der Waals surface area contributed by atoms with Gasteiger partial charge in [0, 0.05) is 17.0 Å². The average Bonchev–Trinajstić information content (AvgIpc) is 2.61. The highest BCUT2D eigenvalue weighted by molar-refractivity contribution is 8.18. The minimum Gasteiger partial charge on any atom is -0.0965 e. The number of allylic oxidation sites excluding steroid dienone is 3. The van der Waals surface area contributed by atoms with Gasteiger partial charge in [-0.15, -0.1) is 0 Å². The van der Waals surface area contributed by atoms with Crippen molar-refractivity contribution in [1.29, 1.82) is 0 Å². The molecule has 0 aromatic carbocycles. The van der Waals surface area contributed by atoms with Gasteiger partial charge in [-0.2, -0.15) is 0 Å². The van der Waals surface area contributed by atoms with E-state index in [1.54, 1.807) is 0 Å². The predicted molar refractivity (Wildman–Crippen MR) is 73.6 cm³/mol. The van der Waals surface area contributed by atoms with Gasteiger partial charge in [-0.05, 0) is 31.3 Å². The zero-order valence-electron chi connectivity index (χ0n) is 8.33. The van der Waals surface area contributed by atoms with E-state index >= 15 is 0 Å². The van der Waals surface area contributed by atoms with Gasteiger partial charge in [-0.25, -0.2) is 0 Å². The van der Waals surface area contributed by atoms with Crippen molar-refractivity contribution in [3.8, 4) is 0 Å². The maximum atomic E-state index is 5.86. The van der Waals surface area contributed by atoms with Crippen molar-refractivity contribution in [1.82, 2.24) is 0 Å². The van der Waals surface area contributed by atoms with E-state index in [1.165, 1.54) is 0 Å². The molecule has 4 heteroatoms. The van der Waals surface area contributed by atoms with Gasteiger partial charge >= 0.3 is 0 Å². The fourth-order valence-electron chi connectivity index (χ4n) is 3.33. The second-order valence-corrected chi connectivity index (χ2v) is 15.9. The largest absolute Gasteiger partial charge is 0.0965 e. The molecule has 0 aliphatic carbocycles. The van der Waals surface area contributed by atoms with Gasteiger partial charge in [0.2, 0.25) is 0 Å². The molecule has 0 radical (unpaired) electrons. The van der Waals surface area contributed by atoms with Crippen molar-refractivity contribution in [3.05, 3.63) is 24.0 Å². The molecule has 3 heterocycles. The van der Waals surface area contributed by atoms with Crippen LogP contribution in [0.3, 0.4) is 0 Å². The van der Waals surface area contributed by atoms with Crippen molar-refractivity contribution in [3.63, 3.8) is 0 Å². The van der Waals surface area contributed by atoms with Gasteiger partial charge < -0.3 is 0 Å². The quantitative estimate of drug-likeness (QED) is 0.485. The summed E-state index contributed by atoms with van der Waals surface area (Å²) in [6.45, 7) is 4.65. The van der Waals surface area contributed by atoms with Gasteiger partial charge in [-0.1, -0.05) is 47.7 Å². The summed E-state index contributed by atoms with van der Waals surface area (Å²) in [4.78, 5) is 0. The van der Waals surface area contributed by atoms with Crippen LogP contribution in [0, 0.1) is 5.92 Å². The molecule has 0 N–H and O–H groups in total. The van der Waals surface area contributed by atoms with Crippen LogP contribution in [0.2, 0.25) is 0 Å². The van der Waals surface area contributed by atoms with Crippen molar-refractivity contribution in [2.24, 2.45) is 5.92 Å². The Morgan fingerprint density at radius 3 is 2.29 bits per heavy atom. The zero-order chi connectivity index (χ0) is 10.1. The average molecular weight is 260 g/mol. The number of hydrogen-bond acceptors (Lipinski definition) is 2. The Morgan fingerprint density at radius 2 is 1.64 bits per heavy atom. The Bertz CT molecular complexity index is 449. The van der Waals surface area contributed by atoms with Gasteiger partial charge in [0.1, 0.15) is 0 Å². The molecular formula is C10H14P2S2. The minimum atomic E-state index is -1.21. The van der Waals surface area contributed by atoms with Crippen molar-refractivity contribution >= 4 is 35.7 Å². The molecule has 6 unspecified atom stereocenters. The lowest BCUT2D eigenvalue weighted by atomic mass is 9.94. The summed E-state index contributed by atoms with van der Waals surface area (Å²) >= 11 is 11.6. The van der Waals surface area contributed by atoms with Crippen LogP contribution in [-0.2, 0) is 23.6 Å². The van der Waals surface area contributed by atoms with Gasteiger partial charge in [0.05, 0.1) is 0 Å². The number of hydrogen-bond donors (Lipinski definition) is 0. The SMILES string of the molecule is CP1(=S)C=CC2C1C1C=CC2P1(C)=S. The molecule has 14 heavy (non-hydrogen) atoms. The van der Waals surface area contributed by atoms with E-state index in [2.05, 4.69) is 37.4 Å². The first-order chi connectivity index (χ1) is 6.44. The third-order valence-corrected chi connectivity index (χ3v) is 12.8. The first-order valence-electron chi connectivity index (χ1n) is 4.96. The second-order valence-electron chi connectivity index (χ2n) is 4.89. The van der Waals surface area contributed by atoms with Gasteiger partial charge in [0.25, 0.3) is 0 Å². The molecule has 3 rings (SSSR count). The third kappa shape index (κ3) is 1.02. The summed E-state index contributed by atoms with van der Waals surface area (Å²) in [5.41, 5.74) is 2.11. The molecule has 1 fully saturated rings. The van der Waals surface area contributed by atoms with Crippen LogP contribution in [0.1, 0.15) is 0 Å². The summed E-state index contributed by atoms with van der Waals surface area (Å²) in [7, 11) is 0. The molecule has 0 nitrogen and oxygen atoms in total. The van der Waals surface area contributed by atoms with Crippen LogP contribution < -0.4 is 0 Å². The summed E-state index contributed by atoms with van der Waals surface area (Å²) < 4.78 is 0. The number of rotatable bonds is 0. The first kappa shape index (κ1) is 9.97. The van der Waals surface area contributed by atoms with Crippen molar-refractivity contribution in [2.75, 3.05) is 13.3 Å². The first-order valence-corrected chi connectivity index (χ1v) is 11.7. The summed E-state index contributed by atoms with van der Waals surface area (Å²) in [5, 5.41) is 0. The molecule has 3 aliphatic heterocycles. The molecular weight excluding hydrogens is 246 g/mol. The van der Waals surface area contributed by atoms with Crippen molar-refractivity contribution < 1.29 is 0 Å². The van der Waals surface area contributed by atoms with E-state index < -0.39 is 12.1 Å². The Labute approximate surface area is 95.9 Å². The topological polar surface area (TPSA) is 0 Å². The molecule has 1 saturated heterocycles.